The summed E-state index contributed by atoms with van der Waals surface area (Å²) in [5.41, 5.74) is -0.859. The summed E-state index contributed by atoms with van der Waals surface area (Å²) in [5.74, 6) is 0. The second-order valence-electron chi connectivity index (χ2n) is 2.14. The van der Waals surface area contributed by atoms with Crippen molar-refractivity contribution in [1.29, 1.82) is 5.26 Å². The van der Waals surface area contributed by atoms with Gasteiger partial charge in [-0.05, 0) is 13.3 Å². The van der Waals surface area contributed by atoms with Crippen LogP contribution in [0.3, 0.4) is 0 Å². The Morgan fingerprint density at radius 3 is 2.56 bits per heavy atom. The van der Waals surface area contributed by atoms with Gasteiger partial charge in [0.2, 0.25) is 0 Å². The van der Waals surface area contributed by atoms with Gasteiger partial charge in [-0.3, -0.25) is 0 Å². The molecule has 2 nitrogen and oxygen atoms in total. The molecule has 0 fully saturated rings. The molecule has 0 aromatic rings. The zero-order valence-electron chi connectivity index (χ0n) is 5.42. The summed E-state index contributed by atoms with van der Waals surface area (Å²) in [7, 11) is 0. The van der Waals surface area contributed by atoms with Gasteiger partial charge in [0.05, 0.1) is 6.07 Å². The van der Waals surface area contributed by atoms with E-state index in [1.54, 1.807) is 13.0 Å². The first-order chi connectivity index (χ1) is 4.18. The maximum Gasteiger partial charge on any atom is 0.140 e. The number of hydrogen-bond donors (Lipinski definition) is 0. The van der Waals surface area contributed by atoms with Crippen LogP contribution in [0.4, 0.5) is 0 Å². The van der Waals surface area contributed by atoms with Crippen LogP contribution in [0.25, 0.3) is 0 Å². The van der Waals surface area contributed by atoms with Crippen LogP contribution in [0.5, 0.6) is 0 Å². The first-order valence-electron chi connectivity index (χ1n) is 2.67. The molecule has 0 aliphatic carbocycles. The Balaban J connectivity index is 4.12. The van der Waals surface area contributed by atoms with Crippen molar-refractivity contribution >= 4 is 6.29 Å². The van der Waals surface area contributed by atoms with E-state index in [0.29, 0.717) is 12.7 Å². The summed E-state index contributed by atoms with van der Waals surface area (Å²) < 4.78 is 0. The monoisotopic (exact) mass is 123 g/mol. The molecular weight excluding hydrogens is 114 g/mol. The number of allylic oxidation sites excluding steroid dienone is 1. The molecule has 0 N–H and O–H groups in total. The summed E-state index contributed by atoms with van der Waals surface area (Å²) in [5, 5.41) is 8.39. The van der Waals surface area contributed by atoms with Crippen molar-refractivity contribution in [2.45, 2.75) is 13.3 Å². The molecule has 0 heterocycles. The van der Waals surface area contributed by atoms with Gasteiger partial charge in [-0.15, -0.1) is 6.58 Å². The number of nitrogens with zero attached hydrogens (tertiary/aromatic N) is 1. The Hall–Kier alpha value is -1.10. The normalized spacial score (nSPS) is 15.1. The molecular formula is C7H9NO. The van der Waals surface area contributed by atoms with Gasteiger partial charge in [0.25, 0.3) is 0 Å². The van der Waals surface area contributed by atoms with Crippen LogP contribution in [0.2, 0.25) is 0 Å². The summed E-state index contributed by atoms with van der Waals surface area (Å²) in [6.45, 7) is 5.02. The van der Waals surface area contributed by atoms with Crippen LogP contribution < -0.4 is 0 Å². The fraction of sp³-hybridized carbons (Fsp3) is 0.429. The third-order valence-corrected chi connectivity index (χ3v) is 1.08. The molecule has 0 unspecified atom stereocenters. The number of carbonyl (C=O) groups excluding carboxylic acids is 1. The molecule has 48 valence electrons. The fourth-order valence-electron chi connectivity index (χ4n) is 0.420. The Bertz CT molecular complexity index is 157. The Morgan fingerprint density at radius 1 is 1.89 bits per heavy atom. The zero-order valence-corrected chi connectivity index (χ0v) is 5.42. The molecule has 0 aliphatic rings. The van der Waals surface area contributed by atoms with Crippen LogP contribution in [0.1, 0.15) is 13.3 Å². The van der Waals surface area contributed by atoms with E-state index in [1.165, 1.54) is 0 Å². The van der Waals surface area contributed by atoms with Gasteiger partial charge in [-0.2, -0.15) is 5.26 Å². The molecule has 0 spiro atoms. The van der Waals surface area contributed by atoms with Crippen LogP contribution >= 0.6 is 0 Å². The van der Waals surface area contributed by atoms with Crippen molar-refractivity contribution < 1.29 is 4.79 Å². The maximum absolute atomic E-state index is 10.2. The average Bonchev–Trinajstić information content (AvgIpc) is 1.89. The third-order valence-electron chi connectivity index (χ3n) is 1.08. The molecule has 2 heteroatoms. The summed E-state index contributed by atoms with van der Waals surface area (Å²) in [6.07, 6.45) is 2.64. The molecule has 0 radical (unpaired) electrons. The highest BCUT2D eigenvalue weighted by atomic mass is 16.1. The molecule has 0 aromatic heterocycles. The molecule has 0 amide bonds. The largest absolute Gasteiger partial charge is 0.302 e. The highest BCUT2D eigenvalue weighted by molar-refractivity contribution is 5.63. The Kier molecular flexibility index (Phi) is 2.66. The fourth-order valence-corrected chi connectivity index (χ4v) is 0.420. The minimum Gasteiger partial charge on any atom is -0.302 e. The topological polar surface area (TPSA) is 40.9 Å². The van der Waals surface area contributed by atoms with E-state index < -0.39 is 5.41 Å². The van der Waals surface area contributed by atoms with E-state index in [-0.39, 0.29) is 0 Å². The van der Waals surface area contributed by atoms with Crippen LogP contribution in [-0.2, 0) is 4.79 Å². The number of hydrogen-bond acceptors (Lipinski definition) is 2. The Morgan fingerprint density at radius 2 is 2.44 bits per heavy atom. The SMILES string of the molecule is C=CC[C@](C)(C#N)C=O. The average molecular weight is 123 g/mol. The highest BCUT2D eigenvalue weighted by Crippen LogP contribution is 2.15. The molecule has 0 aliphatic heterocycles. The summed E-state index contributed by atoms with van der Waals surface area (Å²) in [6, 6.07) is 1.89. The van der Waals surface area contributed by atoms with Crippen LogP contribution in [0, 0.1) is 16.7 Å². The summed E-state index contributed by atoms with van der Waals surface area (Å²) in [4.78, 5) is 10.2. The van der Waals surface area contributed by atoms with Gasteiger partial charge in [-0.1, -0.05) is 6.08 Å². The minimum absolute atomic E-state index is 0.424. The van der Waals surface area contributed by atoms with Crippen LogP contribution in [0.15, 0.2) is 12.7 Å². The Labute approximate surface area is 54.8 Å². The van der Waals surface area contributed by atoms with Gasteiger partial charge >= 0.3 is 0 Å². The first kappa shape index (κ1) is 7.90. The van der Waals surface area contributed by atoms with Crippen molar-refractivity contribution in [3.05, 3.63) is 12.7 Å². The van der Waals surface area contributed by atoms with E-state index in [2.05, 4.69) is 6.58 Å². The smallest absolute Gasteiger partial charge is 0.140 e. The number of aldehydes is 1. The van der Waals surface area contributed by atoms with Crippen LogP contribution in [-0.4, -0.2) is 6.29 Å². The van der Waals surface area contributed by atoms with Crippen molar-refractivity contribution in [1.82, 2.24) is 0 Å². The predicted octanol–water partition coefficient (Wildman–Crippen LogP) is 1.29. The van der Waals surface area contributed by atoms with E-state index in [1.807, 2.05) is 6.07 Å². The second-order valence-corrected chi connectivity index (χ2v) is 2.14. The van der Waals surface area contributed by atoms with Crippen molar-refractivity contribution in [2.24, 2.45) is 5.41 Å². The lowest BCUT2D eigenvalue weighted by atomic mass is 9.91. The maximum atomic E-state index is 10.2. The lowest BCUT2D eigenvalue weighted by Crippen LogP contribution is -2.13. The van der Waals surface area contributed by atoms with E-state index in [9.17, 15) is 4.79 Å². The molecule has 0 rings (SSSR count). The van der Waals surface area contributed by atoms with Crippen molar-refractivity contribution in [3.8, 4) is 6.07 Å². The third kappa shape index (κ3) is 2.09. The highest BCUT2D eigenvalue weighted by Gasteiger charge is 2.19. The van der Waals surface area contributed by atoms with E-state index in [4.69, 9.17) is 5.26 Å². The first-order valence-corrected chi connectivity index (χ1v) is 2.67. The molecule has 0 saturated carbocycles. The molecule has 0 saturated heterocycles. The van der Waals surface area contributed by atoms with Crippen molar-refractivity contribution in [2.75, 3.05) is 0 Å². The van der Waals surface area contributed by atoms with Gasteiger partial charge in [-0.25, -0.2) is 0 Å². The van der Waals surface area contributed by atoms with Gasteiger partial charge in [0.1, 0.15) is 11.7 Å². The molecule has 0 aromatic carbocycles. The van der Waals surface area contributed by atoms with Gasteiger partial charge < -0.3 is 4.79 Å². The van der Waals surface area contributed by atoms with E-state index >= 15 is 0 Å². The lowest BCUT2D eigenvalue weighted by Gasteiger charge is -2.07. The van der Waals surface area contributed by atoms with Gasteiger partial charge in [0.15, 0.2) is 0 Å². The quantitative estimate of drug-likeness (QED) is 0.419. The molecule has 9 heavy (non-hydrogen) atoms. The summed E-state index contributed by atoms with van der Waals surface area (Å²) >= 11 is 0. The van der Waals surface area contributed by atoms with Gasteiger partial charge in [0, 0.05) is 0 Å². The van der Waals surface area contributed by atoms with Crippen molar-refractivity contribution in [3.63, 3.8) is 0 Å². The second kappa shape index (κ2) is 3.03. The van der Waals surface area contributed by atoms with E-state index in [0.717, 1.165) is 0 Å². The number of carbonyl (C=O) groups is 1. The standard InChI is InChI=1S/C7H9NO/c1-3-4-7(2,5-8)6-9/h3,6H,1,4H2,2H3/t7-/m1/s1. The lowest BCUT2D eigenvalue weighted by molar-refractivity contribution is -0.113. The molecule has 1 atom stereocenters. The zero-order chi connectivity index (χ0) is 7.33. The number of nitriles is 1. The number of rotatable bonds is 3. The molecule has 0 bridgehead atoms. The predicted molar refractivity (Wildman–Crippen MR) is 34.6 cm³/mol. The minimum atomic E-state index is -0.859.